The molecule has 0 aliphatic carbocycles. The van der Waals surface area contributed by atoms with Crippen molar-refractivity contribution in [2.24, 2.45) is 5.92 Å². The molecule has 262 valence electrons. The van der Waals surface area contributed by atoms with Crippen LogP contribution in [0.15, 0.2) is 41.8 Å². The maximum atomic E-state index is 5.20. The summed E-state index contributed by atoms with van der Waals surface area (Å²) in [6.45, 7) is 4.62. The quantitative estimate of drug-likeness (QED) is 0.0428. The fourth-order valence-electron chi connectivity index (χ4n) is 7.77. The van der Waals surface area contributed by atoms with Gasteiger partial charge in [-0.15, -0.1) is 22.7 Å². The molecule has 1 atom stereocenters. The van der Waals surface area contributed by atoms with Gasteiger partial charge in [0.2, 0.25) is 0 Å². The molecule has 48 heavy (non-hydrogen) atoms. The number of nitrogens with zero attached hydrogens (tertiary/aromatic N) is 2. The largest absolute Gasteiger partial charge is 0.244 e. The monoisotopic (exact) mass is 684 g/mol. The second-order valence-electron chi connectivity index (χ2n) is 14.7. The van der Waals surface area contributed by atoms with Crippen molar-refractivity contribution in [3.63, 3.8) is 0 Å². The Hall–Kier alpha value is -2.04. The van der Waals surface area contributed by atoms with Crippen molar-refractivity contribution < 1.29 is 0 Å². The number of benzene rings is 2. The van der Waals surface area contributed by atoms with Gasteiger partial charge in [0.05, 0.1) is 21.3 Å². The predicted octanol–water partition coefficient (Wildman–Crippen LogP) is 15.8. The number of para-hydroxylation sites is 2. The van der Waals surface area contributed by atoms with E-state index in [2.05, 4.69) is 55.6 Å². The van der Waals surface area contributed by atoms with Crippen LogP contribution in [0.25, 0.3) is 42.2 Å². The van der Waals surface area contributed by atoms with Crippen LogP contribution in [0.4, 0.5) is 0 Å². The van der Waals surface area contributed by atoms with Gasteiger partial charge in [-0.3, -0.25) is 0 Å². The summed E-state index contributed by atoms with van der Waals surface area (Å²) in [5.74, 6) is 0.798. The summed E-state index contributed by atoms with van der Waals surface area (Å²) in [6.07, 6.45) is 35.4. The van der Waals surface area contributed by atoms with Gasteiger partial charge < -0.3 is 0 Å². The number of aromatic nitrogens is 2. The molecular weight excluding hydrogens is 621 g/mol. The minimum atomic E-state index is 0.798. The van der Waals surface area contributed by atoms with Crippen molar-refractivity contribution in [2.45, 2.75) is 174 Å². The zero-order valence-corrected chi connectivity index (χ0v) is 32.1. The number of fused-ring (bicyclic) bond motifs is 7. The lowest BCUT2D eigenvalue weighted by Gasteiger charge is -2.16. The van der Waals surface area contributed by atoms with Crippen LogP contribution in [0.2, 0.25) is 0 Å². The molecule has 3 heterocycles. The topological polar surface area (TPSA) is 25.8 Å². The number of hydrogen-bond acceptors (Lipinski definition) is 4. The van der Waals surface area contributed by atoms with Gasteiger partial charge in [0, 0.05) is 20.3 Å². The fraction of sp³-hybridized carbons (Fsp3) is 0.636. The smallest absolute Gasteiger partial charge is 0.108 e. The average Bonchev–Trinajstić information content (AvgIpc) is 3.77. The van der Waals surface area contributed by atoms with E-state index in [0.29, 0.717) is 0 Å². The zero-order chi connectivity index (χ0) is 33.2. The first-order valence-corrected chi connectivity index (χ1v) is 22.0. The summed E-state index contributed by atoms with van der Waals surface area (Å²) in [5.41, 5.74) is 4.16. The summed E-state index contributed by atoms with van der Waals surface area (Å²) in [7, 11) is 0. The Balaban J connectivity index is 1.16. The van der Waals surface area contributed by atoms with Gasteiger partial charge >= 0.3 is 0 Å². The van der Waals surface area contributed by atoms with Crippen LogP contribution in [-0.4, -0.2) is 9.97 Å². The van der Waals surface area contributed by atoms with Crippen LogP contribution in [0.3, 0.4) is 0 Å². The molecule has 0 aliphatic rings. The highest BCUT2D eigenvalue weighted by molar-refractivity contribution is 7.22. The lowest BCUT2D eigenvalue weighted by molar-refractivity contribution is 0.401. The molecule has 4 heteroatoms. The summed E-state index contributed by atoms with van der Waals surface area (Å²) in [5, 5.41) is 4.91. The van der Waals surface area contributed by atoms with Gasteiger partial charge in [-0.25, -0.2) is 9.97 Å². The van der Waals surface area contributed by atoms with Crippen molar-refractivity contribution in [3.05, 3.63) is 46.7 Å². The highest BCUT2D eigenvalue weighted by atomic mass is 32.1. The second kappa shape index (κ2) is 21.2. The van der Waals surface area contributed by atoms with E-state index < -0.39 is 0 Å². The van der Waals surface area contributed by atoms with Gasteiger partial charge in [-0.05, 0) is 42.0 Å². The zero-order valence-electron chi connectivity index (χ0n) is 30.5. The third kappa shape index (κ3) is 11.2. The Labute approximate surface area is 300 Å². The van der Waals surface area contributed by atoms with Crippen molar-refractivity contribution in [1.29, 1.82) is 0 Å². The van der Waals surface area contributed by atoms with Gasteiger partial charge in [0.25, 0.3) is 0 Å². The van der Waals surface area contributed by atoms with E-state index in [4.69, 9.17) is 9.97 Å². The Kier molecular flexibility index (Phi) is 16.5. The summed E-state index contributed by atoms with van der Waals surface area (Å²) in [4.78, 5) is 11.9. The Morgan fingerprint density at radius 2 is 1.00 bits per heavy atom. The maximum Gasteiger partial charge on any atom is 0.108 e. The molecule has 3 aromatic heterocycles. The highest BCUT2D eigenvalue weighted by Gasteiger charge is 2.18. The SMILES string of the molecule is CCCCCCCCCCCCCCC(CCCCCCCCCCCC)Cc1cc2c3sccc3c3nc4ccccc4nc3c2s1. The molecule has 2 nitrogen and oxygen atoms in total. The van der Waals surface area contributed by atoms with E-state index in [1.807, 2.05) is 22.7 Å². The molecule has 0 fully saturated rings. The van der Waals surface area contributed by atoms with E-state index in [9.17, 15) is 0 Å². The minimum absolute atomic E-state index is 0.798. The number of hydrogen-bond donors (Lipinski definition) is 0. The van der Waals surface area contributed by atoms with Gasteiger partial charge in [0.1, 0.15) is 5.52 Å². The molecule has 0 saturated heterocycles. The highest BCUT2D eigenvalue weighted by Crippen LogP contribution is 2.42. The molecule has 5 rings (SSSR count). The van der Waals surface area contributed by atoms with Crippen molar-refractivity contribution in [3.8, 4) is 0 Å². The molecular formula is C44H64N2S2. The van der Waals surface area contributed by atoms with E-state index >= 15 is 0 Å². The molecule has 0 bridgehead atoms. The van der Waals surface area contributed by atoms with Crippen molar-refractivity contribution in [1.82, 2.24) is 9.97 Å². The van der Waals surface area contributed by atoms with Crippen molar-refractivity contribution in [2.75, 3.05) is 0 Å². The van der Waals surface area contributed by atoms with E-state index in [0.717, 1.165) is 28.0 Å². The fourth-order valence-corrected chi connectivity index (χ4v) is 10.0. The van der Waals surface area contributed by atoms with Crippen LogP contribution in [0.1, 0.15) is 173 Å². The third-order valence-electron chi connectivity index (χ3n) is 10.7. The molecule has 1 unspecified atom stereocenters. The molecule has 0 amide bonds. The second-order valence-corrected chi connectivity index (χ2v) is 16.8. The number of thiophene rings is 2. The first kappa shape index (κ1) is 37.2. The first-order valence-electron chi connectivity index (χ1n) is 20.3. The molecule has 0 saturated carbocycles. The van der Waals surface area contributed by atoms with Gasteiger partial charge in [-0.2, -0.15) is 0 Å². The first-order chi connectivity index (χ1) is 23.8. The van der Waals surface area contributed by atoms with Crippen LogP contribution in [0.5, 0.6) is 0 Å². The number of rotatable bonds is 26. The van der Waals surface area contributed by atoms with Crippen LogP contribution < -0.4 is 0 Å². The molecule has 0 N–H and O–H groups in total. The molecule has 0 radical (unpaired) electrons. The third-order valence-corrected chi connectivity index (χ3v) is 12.8. The Morgan fingerprint density at radius 3 is 1.52 bits per heavy atom. The lowest BCUT2D eigenvalue weighted by Crippen LogP contribution is -2.04. The van der Waals surface area contributed by atoms with E-state index in [1.54, 1.807) is 4.88 Å². The minimum Gasteiger partial charge on any atom is -0.244 e. The summed E-state index contributed by atoms with van der Waals surface area (Å²) in [6, 6.07) is 13.1. The van der Waals surface area contributed by atoms with E-state index in [-0.39, 0.29) is 0 Å². The Bertz CT molecular complexity index is 1610. The molecule has 0 aliphatic heterocycles. The van der Waals surface area contributed by atoms with E-state index in [1.165, 1.54) is 181 Å². The summed E-state index contributed by atoms with van der Waals surface area (Å²) >= 11 is 3.87. The molecule has 0 spiro atoms. The summed E-state index contributed by atoms with van der Waals surface area (Å²) < 4.78 is 2.73. The predicted molar refractivity (Wildman–Crippen MR) is 217 cm³/mol. The molecule has 2 aromatic carbocycles. The van der Waals surface area contributed by atoms with Gasteiger partial charge in [-0.1, -0.05) is 180 Å². The van der Waals surface area contributed by atoms with Crippen LogP contribution >= 0.6 is 22.7 Å². The lowest BCUT2D eigenvalue weighted by atomic mass is 9.90. The van der Waals surface area contributed by atoms with Crippen molar-refractivity contribution >= 4 is 64.9 Å². The maximum absolute atomic E-state index is 5.20. The van der Waals surface area contributed by atoms with Crippen LogP contribution in [-0.2, 0) is 6.42 Å². The average molecular weight is 685 g/mol. The normalized spacial score (nSPS) is 12.7. The number of unbranched alkanes of at least 4 members (excludes halogenated alkanes) is 20. The Morgan fingerprint density at radius 1 is 0.521 bits per heavy atom. The van der Waals surface area contributed by atoms with Crippen LogP contribution in [0, 0.1) is 5.92 Å². The molecule has 5 aromatic rings. The van der Waals surface area contributed by atoms with Gasteiger partial charge in [0.15, 0.2) is 0 Å². The standard InChI is InChI=1S/C44H64N2S2/c1-3-5-7-9-11-13-15-16-18-20-22-24-28-35(27-23-21-19-17-14-12-10-8-6-4-2)33-36-34-38-43-37(31-32-47-43)41-42(44(38)48-36)46-40-30-26-25-29-39(40)45-41/h25-26,29-32,34-35H,3-24,27-28,33H2,1-2H3.